The van der Waals surface area contributed by atoms with E-state index in [4.69, 9.17) is 4.74 Å². The number of fused-ring (bicyclic) bond motifs is 5. The number of halogens is 3. The van der Waals surface area contributed by atoms with E-state index in [1.165, 1.54) is 0 Å². The Morgan fingerprint density at radius 2 is 1.85 bits per heavy atom. The third-order valence-corrected chi connectivity index (χ3v) is 6.63. The molecule has 0 aromatic carbocycles. The third kappa shape index (κ3) is 2.90. The van der Waals surface area contributed by atoms with E-state index in [1.807, 2.05) is 0 Å². The summed E-state index contributed by atoms with van der Waals surface area (Å²) in [5.41, 5.74) is -6.74. The Morgan fingerprint density at radius 3 is 2.38 bits per heavy atom. The van der Waals surface area contributed by atoms with Crippen molar-refractivity contribution in [2.45, 2.75) is 57.2 Å². The van der Waals surface area contributed by atoms with Crippen molar-refractivity contribution in [3.8, 4) is 0 Å². The van der Waals surface area contributed by atoms with Crippen LogP contribution < -0.4 is 0 Å². The molecule has 0 radical (unpaired) electrons. The lowest BCUT2D eigenvalue weighted by atomic mass is 9.81. The topological polar surface area (TPSA) is 78.9 Å². The lowest BCUT2D eigenvalue weighted by Gasteiger charge is -2.36. The smallest absolute Gasteiger partial charge is 0.465 e. The molecule has 0 aromatic heterocycles. The number of carbonyl (C=O) groups is 1. The number of hydrogen-bond acceptors (Lipinski definition) is 6. The highest BCUT2D eigenvalue weighted by atomic mass is 32.2. The van der Waals surface area contributed by atoms with Gasteiger partial charge in [-0.05, 0) is 37.0 Å². The first-order valence-electron chi connectivity index (χ1n) is 8.21. The van der Waals surface area contributed by atoms with Crippen LogP contribution in [-0.4, -0.2) is 38.7 Å². The van der Waals surface area contributed by atoms with E-state index >= 15 is 0 Å². The second-order valence-electron chi connectivity index (χ2n) is 8.18. The van der Waals surface area contributed by atoms with Gasteiger partial charge in [-0.2, -0.15) is 21.6 Å². The van der Waals surface area contributed by atoms with E-state index in [-0.39, 0.29) is 29.2 Å². The molecule has 2 aliphatic heterocycles. The number of carbonyl (C=O) groups excluding carboxylic acids is 1. The first kappa shape index (κ1) is 19.5. The average molecular weight is 398 g/mol. The lowest BCUT2D eigenvalue weighted by molar-refractivity contribution is -0.140. The largest absolute Gasteiger partial charge is 0.534 e. The van der Waals surface area contributed by atoms with Crippen molar-refractivity contribution >= 4 is 16.1 Å². The van der Waals surface area contributed by atoms with Gasteiger partial charge in [0.2, 0.25) is 0 Å². The van der Waals surface area contributed by atoms with Crippen LogP contribution in [0.3, 0.4) is 0 Å². The van der Waals surface area contributed by atoms with Gasteiger partial charge in [0.15, 0.2) is 0 Å². The normalized spacial score (nSPS) is 36.0. The number of rotatable bonds is 3. The fourth-order valence-corrected chi connectivity index (χ4v) is 5.18. The van der Waals surface area contributed by atoms with Crippen molar-refractivity contribution in [1.82, 2.24) is 0 Å². The zero-order valence-corrected chi connectivity index (χ0v) is 15.7. The van der Waals surface area contributed by atoms with Gasteiger partial charge < -0.3 is 13.7 Å². The molecular weight excluding hydrogens is 377 g/mol. The van der Waals surface area contributed by atoms with Crippen molar-refractivity contribution in [2.24, 2.45) is 17.3 Å². The molecular formula is C16H21F3O6S. The van der Waals surface area contributed by atoms with Gasteiger partial charge in [-0.3, -0.25) is 0 Å². The maximum Gasteiger partial charge on any atom is 0.534 e. The Labute approximate surface area is 149 Å². The first-order chi connectivity index (χ1) is 11.7. The molecule has 1 aliphatic carbocycles. The van der Waals surface area contributed by atoms with Gasteiger partial charge in [0, 0.05) is 6.42 Å². The van der Waals surface area contributed by atoms with Gasteiger partial charge >= 0.3 is 21.6 Å². The molecule has 0 amide bonds. The highest BCUT2D eigenvalue weighted by Gasteiger charge is 2.63. The fourth-order valence-electron chi connectivity index (χ4n) is 4.67. The molecule has 3 rings (SSSR count). The van der Waals surface area contributed by atoms with Crippen molar-refractivity contribution in [3.05, 3.63) is 11.3 Å². The quantitative estimate of drug-likeness (QED) is 0.413. The molecule has 26 heavy (non-hydrogen) atoms. The van der Waals surface area contributed by atoms with Crippen LogP contribution in [0.1, 0.15) is 40.0 Å². The SMILES string of the molecule is COC(=O)C1=C(OS(=O)(=O)C(F)(F)F)C[C@@]2(C)O[C@@H]1[C@@H]1CC(C)(C)C[C@@H]12. The molecule has 10 heteroatoms. The summed E-state index contributed by atoms with van der Waals surface area (Å²) in [6.45, 7) is 5.89. The minimum absolute atomic E-state index is 0.00371. The minimum atomic E-state index is -5.89. The predicted molar refractivity (Wildman–Crippen MR) is 83.0 cm³/mol. The maximum absolute atomic E-state index is 12.8. The summed E-state index contributed by atoms with van der Waals surface area (Å²) in [6.07, 6.45) is 0.391. The number of ether oxygens (including phenoxy) is 2. The van der Waals surface area contributed by atoms with E-state index in [1.54, 1.807) is 6.92 Å². The van der Waals surface area contributed by atoms with Crippen LogP contribution in [0.15, 0.2) is 11.3 Å². The molecule has 0 spiro atoms. The molecule has 0 unspecified atom stereocenters. The predicted octanol–water partition coefficient (Wildman–Crippen LogP) is 2.89. The Kier molecular flexibility index (Phi) is 4.20. The van der Waals surface area contributed by atoms with E-state index in [9.17, 15) is 26.4 Å². The zero-order valence-electron chi connectivity index (χ0n) is 14.8. The summed E-state index contributed by atoms with van der Waals surface area (Å²) in [7, 11) is -4.81. The number of hydrogen-bond donors (Lipinski definition) is 0. The summed E-state index contributed by atoms with van der Waals surface area (Å²) < 4.78 is 76.3. The molecule has 0 N–H and O–H groups in total. The number of esters is 1. The van der Waals surface area contributed by atoms with Crippen LogP contribution in [0.4, 0.5) is 13.2 Å². The van der Waals surface area contributed by atoms with E-state index in [0.29, 0.717) is 6.42 Å². The van der Waals surface area contributed by atoms with Crippen molar-refractivity contribution in [2.75, 3.05) is 7.11 Å². The summed E-state index contributed by atoms with van der Waals surface area (Å²) in [4.78, 5) is 12.2. The average Bonchev–Trinajstić information content (AvgIpc) is 2.89. The van der Waals surface area contributed by atoms with Gasteiger partial charge in [-0.1, -0.05) is 13.8 Å². The van der Waals surface area contributed by atoms with Crippen LogP contribution >= 0.6 is 0 Å². The van der Waals surface area contributed by atoms with Crippen LogP contribution in [0.5, 0.6) is 0 Å². The van der Waals surface area contributed by atoms with Crippen molar-refractivity contribution in [1.29, 1.82) is 0 Å². The van der Waals surface area contributed by atoms with E-state index in [2.05, 4.69) is 22.8 Å². The fraction of sp³-hybridized carbons (Fsp3) is 0.812. The Balaban J connectivity index is 2.06. The van der Waals surface area contributed by atoms with Gasteiger partial charge in [-0.25, -0.2) is 4.79 Å². The molecule has 148 valence electrons. The summed E-state index contributed by atoms with van der Waals surface area (Å²) >= 11 is 0. The number of alkyl halides is 3. The van der Waals surface area contributed by atoms with Gasteiger partial charge in [0.25, 0.3) is 0 Å². The monoisotopic (exact) mass is 398 g/mol. The van der Waals surface area contributed by atoms with Crippen molar-refractivity contribution in [3.63, 3.8) is 0 Å². The highest BCUT2D eigenvalue weighted by Crippen LogP contribution is 2.62. The third-order valence-electron chi connectivity index (χ3n) is 5.64. The highest BCUT2D eigenvalue weighted by molar-refractivity contribution is 7.87. The first-order valence-corrected chi connectivity index (χ1v) is 9.61. The van der Waals surface area contributed by atoms with Gasteiger partial charge in [0.05, 0.1) is 18.8 Å². The van der Waals surface area contributed by atoms with E-state index < -0.39 is 39.1 Å². The van der Waals surface area contributed by atoms with Crippen LogP contribution in [0.25, 0.3) is 0 Å². The van der Waals surface area contributed by atoms with Crippen LogP contribution in [0.2, 0.25) is 0 Å². The zero-order chi connectivity index (χ0) is 19.7. The Bertz CT molecular complexity index is 769. The van der Waals surface area contributed by atoms with Gasteiger partial charge in [0.1, 0.15) is 11.3 Å². The summed E-state index contributed by atoms with van der Waals surface area (Å²) in [5.74, 6) is -1.59. The molecule has 2 bridgehead atoms. The summed E-state index contributed by atoms with van der Waals surface area (Å²) in [5, 5.41) is 0. The molecule has 1 saturated heterocycles. The van der Waals surface area contributed by atoms with E-state index in [0.717, 1.165) is 13.5 Å². The standard InChI is InChI=1S/C16H21F3O6S/c1-14(2)5-8-9(6-14)15(3)7-10(25-26(21,22)16(17,18)19)11(12(8)24-15)13(20)23-4/h8-9,12H,5-7H2,1-4H3/t8-,9+,12-,15-/m1/s1. The second-order valence-corrected chi connectivity index (χ2v) is 9.72. The number of methoxy groups -OCH3 is 1. The molecule has 2 heterocycles. The second kappa shape index (κ2) is 5.60. The molecule has 2 fully saturated rings. The Hall–Kier alpha value is -1.29. The Morgan fingerprint density at radius 1 is 1.23 bits per heavy atom. The molecule has 6 nitrogen and oxygen atoms in total. The van der Waals surface area contributed by atoms with Crippen LogP contribution in [-0.2, 0) is 28.6 Å². The summed E-state index contributed by atoms with van der Waals surface area (Å²) in [6, 6.07) is 0. The molecule has 0 aromatic rings. The minimum Gasteiger partial charge on any atom is -0.465 e. The van der Waals surface area contributed by atoms with Crippen molar-refractivity contribution < 1.29 is 40.0 Å². The van der Waals surface area contributed by atoms with Crippen LogP contribution in [0, 0.1) is 17.3 Å². The molecule has 1 saturated carbocycles. The maximum atomic E-state index is 12.8. The lowest BCUT2D eigenvalue weighted by Crippen LogP contribution is -2.40. The molecule has 3 aliphatic rings. The van der Waals surface area contributed by atoms with Gasteiger partial charge in [-0.15, -0.1) is 0 Å². The molecule has 4 atom stereocenters.